The zero-order valence-corrected chi connectivity index (χ0v) is 8.54. The lowest BCUT2D eigenvalue weighted by molar-refractivity contribution is -0.508. The van der Waals surface area contributed by atoms with E-state index in [9.17, 15) is 19.8 Å². The highest BCUT2D eigenvalue weighted by atomic mass is 16.6. The molecule has 2 unspecified atom stereocenters. The number of nitroso groups, excluding NO2 is 1. The van der Waals surface area contributed by atoms with Gasteiger partial charge in [0.25, 0.3) is 0 Å². The molecule has 0 saturated heterocycles. The smallest absolute Gasteiger partial charge is 0.249 e. The monoisotopic (exact) mass is 215 g/mol. The van der Waals surface area contributed by atoms with Gasteiger partial charge in [-0.25, -0.2) is 0 Å². The third kappa shape index (κ3) is 3.84. The van der Waals surface area contributed by atoms with E-state index in [0.717, 1.165) is 6.08 Å². The zero-order chi connectivity index (χ0) is 12.0. The molecular weight excluding hydrogens is 202 g/mol. The van der Waals surface area contributed by atoms with Crippen molar-refractivity contribution in [2.45, 2.75) is 32.4 Å². The maximum Gasteiger partial charge on any atom is 0.249 e. The quantitative estimate of drug-likeness (QED) is 0.302. The normalized spacial score (nSPS) is 15.5. The van der Waals surface area contributed by atoms with Crippen LogP contribution in [0.5, 0.6) is 0 Å². The Morgan fingerprint density at radius 1 is 1.67 bits per heavy atom. The van der Waals surface area contributed by atoms with Gasteiger partial charge in [-0.05, 0) is 12.5 Å². The van der Waals surface area contributed by atoms with Crippen molar-refractivity contribution < 1.29 is 9.72 Å². The van der Waals surface area contributed by atoms with Crippen molar-refractivity contribution in [3.63, 3.8) is 0 Å². The standard InChI is InChI=1S/C8H13N3O4/c1-3-6(5(2)11(14)15)4-7(10-13)8(9)12/h4-5,7H,3H2,1-2H3,(H2,9,12). The van der Waals surface area contributed by atoms with Gasteiger partial charge >= 0.3 is 0 Å². The second kappa shape index (κ2) is 5.84. The molecule has 2 N–H and O–H groups in total. The minimum atomic E-state index is -1.33. The Kier molecular flexibility index (Phi) is 5.14. The van der Waals surface area contributed by atoms with Crippen LogP contribution in [0, 0.1) is 15.0 Å². The van der Waals surface area contributed by atoms with E-state index >= 15 is 0 Å². The molecule has 0 saturated carbocycles. The zero-order valence-electron chi connectivity index (χ0n) is 8.54. The fourth-order valence-electron chi connectivity index (χ4n) is 1.06. The lowest BCUT2D eigenvalue weighted by Crippen LogP contribution is -2.27. The largest absolute Gasteiger partial charge is 0.367 e. The Morgan fingerprint density at radius 2 is 2.20 bits per heavy atom. The molecule has 0 aromatic carbocycles. The van der Waals surface area contributed by atoms with E-state index in [4.69, 9.17) is 5.73 Å². The van der Waals surface area contributed by atoms with Gasteiger partial charge in [0.2, 0.25) is 11.9 Å². The van der Waals surface area contributed by atoms with Gasteiger partial charge in [-0.3, -0.25) is 14.9 Å². The Hall–Kier alpha value is -1.79. The number of carbonyl (C=O) groups excluding carboxylic acids is 1. The molecule has 0 heterocycles. The molecule has 84 valence electrons. The van der Waals surface area contributed by atoms with E-state index in [-0.39, 0.29) is 0 Å². The van der Waals surface area contributed by atoms with Gasteiger partial charge in [0, 0.05) is 17.4 Å². The number of nitrogens with two attached hydrogens (primary N) is 1. The van der Waals surface area contributed by atoms with Crippen molar-refractivity contribution in [2.24, 2.45) is 10.9 Å². The van der Waals surface area contributed by atoms with E-state index < -0.39 is 22.9 Å². The van der Waals surface area contributed by atoms with Crippen LogP contribution in [0.15, 0.2) is 16.8 Å². The van der Waals surface area contributed by atoms with Gasteiger partial charge < -0.3 is 5.73 Å². The van der Waals surface area contributed by atoms with E-state index in [1.165, 1.54) is 6.92 Å². The number of nitrogens with zero attached hydrogens (tertiary/aromatic N) is 2. The van der Waals surface area contributed by atoms with Crippen LogP contribution in [0.1, 0.15) is 20.3 Å². The van der Waals surface area contributed by atoms with E-state index in [0.29, 0.717) is 12.0 Å². The summed E-state index contributed by atoms with van der Waals surface area (Å²) in [6.45, 7) is 3.06. The lowest BCUT2D eigenvalue weighted by atomic mass is 10.0. The first kappa shape index (κ1) is 13.2. The summed E-state index contributed by atoms with van der Waals surface area (Å²) in [6, 6.07) is -2.28. The molecule has 0 aliphatic heterocycles. The molecule has 0 radical (unpaired) electrons. The predicted molar refractivity (Wildman–Crippen MR) is 53.6 cm³/mol. The summed E-state index contributed by atoms with van der Waals surface area (Å²) < 4.78 is 0. The van der Waals surface area contributed by atoms with Gasteiger partial charge in [0.05, 0.1) is 0 Å². The molecular formula is C8H13N3O4. The molecule has 0 rings (SSSR count). The second-order valence-corrected chi connectivity index (χ2v) is 3.01. The van der Waals surface area contributed by atoms with Gasteiger partial charge in [0.1, 0.15) is 0 Å². The lowest BCUT2D eigenvalue weighted by Gasteiger charge is -2.08. The molecule has 0 aliphatic rings. The SMILES string of the molecule is CCC(=CC(N=O)C(N)=O)C(C)[N+](=O)[O-]. The summed E-state index contributed by atoms with van der Waals surface area (Å²) in [7, 11) is 0. The predicted octanol–water partition coefficient (Wildman–Crippen LogP) is 0.608. The van der Waals surface area contributed by atoms with Crippen LogP contribution in [-0.4, -0.2) is 22.9 Å². The van der Waals surface area contributed by atoms with Gasteiger partial charge in [-0.1, -0.05) is 12.1 Å². The van der Waals surface area contributed by atoms with Crippen LogP contribution in [0.25, 0.3) is 0 Å². The van der Waals surface area contributed by atoms with Crippen molar-refractivity contribution in [2.75, 3.05) is 0 Å². The first-order valence-electron chi connectivity index (χ1n) is 4.39. The fourth-order valence-corrected chi connectivity index (χ4v) is 1.06. The van der Waals surface area contributed by atoms with Crippen LogP contribution >= 0.6 is 0 Å². The average molecular weight is 215 g/mol. The summed E-state index contributed by atoms with van der Waals surface area (Å²) in [4.78, 5) is 30.9. The molecule has 0 aliphatic carbocycles. The maximum atomic E-state index is 10.7. The topological polar surface area (TPSA) is 116 Å². The molecule has 0 spiro atoms. The Labute approximate surface area is 86.5 Å². The third-order valence-electron chi connectivity index (χ3n) is 2.04. The number of rotatable bonds is 6. The molecule has 0 fully saturated rings. The van der Waals surface area contributed by atoms with Crippen LogP contribution in [-0.2, 0) is 4.79 Å². The van der Waals surface area contributed by atoms with Crippen LogP contribution in [0.2, 0.25) is 0 Å². The number of hydrogen-bond donors (Lipinski definition) is 1. The Balaban J connectivity index is 4.93. The van der Waals surface area contributed by atoms with E-state index in [2.05, 4.69) is 5.18 Å². The summed E-state index contributed by atoms with van der Waals surface area (Å²) in [5.41, 5.74) is 5.24. The molecule has 0 aromatic heterocycles. The van der Waals surface area contributed by atoms with Gasteiger partial charge in [-0.15, -0.1) is 4.91 Å². The van der Waals surface area contributed by atoms with Crippen molar-refractivity contribution in [3.8, 4) is 0 Å². The summed E-state index contributed by atoms with van der Waals surface area (Å²) in [5, 5.41) is 13.0. The van der Waals surface area contributed by atoms with Crippen LogP contribution in [0.4, 0.5) is 0 Å². The van der Waals surface area contributed by atoms with Crippen molar-refractivity contribution in [1.29, 1.82) is 0 Å². The highest BCUT2D eigenvalue weighted by Gasteiger charge is 2.21. The van der Waals surface area contributed by atoms with Crippen molar-refractivity contribution in [3.05, 3.63) is 26.7 Å². The highest BCUT2D eigenvalue weighted by Crippen LogP contribution is 2.12. The number of amides is 1. The van der Waals surface area contributed by atoms with E-state index in [1.54, 1.807) is 6.92 Å². The number of nitro groups is 1. The Bertz CT molecular complexity index is 300. The van der Waals surface area contributed by atoms with Crippen LogP contribution < -0.4 is 5.73 Å². The van der Waals surface area contributed by atoms with Crippen molar-refractivity contribution in [1.82, 2.24) is 0 Å². The first-order chi connectivity index (χ1) is 6.93. The molecule has 7 heteroatoms. The minimum absolute atomic E-state index is 0.363. The maximum absolute atomic E-state index is 10.7. The number of carbonyl (C=O) groups is 1. The fraction of sp³-hybridized carbons (Fsp3) is 0.625. The minimum Gasteiger partial charge on any atom is -0.367 e. The molecule has 7 nitrogen and oxygen atoms in total. The highest BCUT2D eigenvalue weighted by molar-refractivity contribution is 5.82. The van der Waals surface area contributed by atoms with Crippen LogP contribution in [0.3, 0.4) is 0 Å². The molecule has 0 aromatic rings. The Morgan fingerprint density at radius 3 is 2.47 bits per heavy atom. The molecule has 0 bridgehead atoms. The van der Waals surface area contributed by atoms with E-state index in [1.807, 2.05) is 0 Å². The van der Waals surface area contributed by atoms with Gasteiger partial charge in [-0.2, -0.15) is 0 Å². The average Bonchev–Trinajstić information content (AvgIpc) is 2.18. The molecule has 2 atom stereocenters. The summed E-state index contributed by atoms with van der Waals surface area (Å²) in [5.74, 6) is -0.911. The molecule has 1 amide bonds. The number of primary amides is 1. The summed E-state index contributed by atoms with van der Waals surface area (Å²) >= 11 is 0. The summed E-state index contributed by atoms with van der Waals surface area (Å²) in [6.07, 6.45) is 1.52. The number of hydrogen-bond acceptors (Lipinski definition) is 5. The second-order valence-electron chi connectivity index (χ2n) is 3.01. The van der Waals surface area contributed by atoms with Crippen molar-refractivity contribution >= 4 is 5.91 Å². The van der Waals surface area contributed by atoms with Gasteiger partial charge in [0.15, 0.2) is 6.04 Å². The first-order valence-corrected chi connectivity index (χ1v) is 4.39. The third-order valence-corrected chi connectivity index (χ3v) is 2.04. The molecule has 15 heavy (non-hydrogen) atoms.